The van der Waals surface area contributed by atoms with Crippen LogP contribution in [0.5, 0.6) is 17.2 Å². The smallest absolute Gasteiger partial charge is 0.221 e. The van der Waals surface area contributed by atoms with Crippen molar-refractivity contribution in [3.63, 3.8) is 0 Å². The van der Waals surface area contributed by atoms with Crippen LogP contribution in [0.15, 0.2) is 42.6 Å². The molecule has 0 aliphatic heterocycles. The fourth-order valence-corrected chi connectivity index (χ4v) is 4.27. The maximum absolute atomic E-state index is 9.78. The van der Waals surface area contributed by atoms with Crippen LogP contribution in [0.3, 0.4) is 0 Å². The third-order valence-corrected chi connectivity index (χ3v) is 5.87. The Balaban J connectivity index is 1.80. The normalized spacial score (nSPS) is 17.8. The number of aromatic nitrogens is 2. The number of anilines is 2. The van der Waals surface area contributed by atoms with E-state index in [1.165, 1.54) is 0 Å². The molecule has 1 heterocycles. The summed E-state index contributed by atoms with van der Waals surface area (Å²) in [5.41, 5.74) is 15.2. The SMILES string of the molecule is CCOc1cc(Cc2cnc(N)nc2N)cc(OC2CCCC2OC)c1-c1ccc(O)cc1. The maximum atomic E-state index is 9.78. The van der Waals surface area contributed by atoms with Gasteiger partial charge in [-0.1, -0.05) is 12.1 Å². The Morgan fingerprint density at radius 3 is 2.48 bits per heavy atom. The summed E-state index contributed by atoms with van der Waals surface area (Å²) in [7, 11) is 1.72. The van der Waals surface area contributed by atoms with E-state index in [0.717, 1.165) is 41.5 Å². The molecule has 1 aliphatic carbocycles. The van der Waals surface area contributed by atoms with Crippen LogP contribution in [-0.2, 0) is 11.2 Å². The van der Waals surface area contributed by atoms with Gasteiger partial charge < -0.3 is 30.8 Å². The molecule has 0 radical (unpaired) electrons. The zero-order chi connectivity index (χ0) is 23.4. The number of phenols is 1. The van der Waals surface area contributed by atoms with Crippen LogP contribution in [-0.4, -0.2) is 41.0 Å². The lowest BCUT2D eigenvalue weighted by Crippen LogP contribution is -2.28. The van der Waals surface area contributed by atoms with Crippen molar-refractivity contribution in [2.75, 3.05) is 25.2 Å². The third-order valence-electron chi connectivity index (χ3n) is 5.87. The van der Waals surface area contributed by atoms with Crippen molar-refractivity contribution >= 4 is 11.8 Å². The zero-order valence-electron chi connectivity index (χ0n) is 19.0. The largest absolute Gasteiger partial charge is 0.508 e. The molecule has 3 aromatic rings. The van der Waals surface area contributed by atoms with Crippen molar-refractivity contribution < 1.29 is 19.3 Å². The van der Waals surface area contributed by atoms with Gasteiger partial charge in [-0.3, -0.25) is 0 Å². The molecule has 1 fully saturated rings. The van der Waals surface area contributed by atoms with E-state index in [2.05, 4.69) is 9.97 Å². The molecular formula is C25H30N4O4. The molecule has 0 amide bonds. The molecule has 0 bridgehead atoms. The Hall–Kier alpha value is -3.52. The molecule has 4 rings (SSSR count). The summed E-state index contributed by atoms with van der Waals surface area (Å²) >= 11 is 0. The number of aromatic hydroxyl groups is 1. The Kier molecular flexibility index (Phi) is 6.84. The molecular weight excluding hydrogens is 420 g/mol. The van der Waals surface area contributed by atoms with Crippen LogP contribution in [0.2, 0.25) is 0 Å². The van der Waals surface area contributed by atoms with Gasteiger partial charge in [0.05, 0.1) is 18.3 Å². The first-order valence-electron chi connectivity index (χ1n) is 11.1. The highest BCUT2D eigenvalue weighted by molar-refractivity contribution is 5.78. The quantitative estimate of drug-likeness (QED) is 0.471. The third kappa shape index (κ3) is 5.12. The number of methoxy groups -OCH3 is 1. The summed E-state index contributed by atoms with van der Waals surface area (Å²) in [6.07, 6.45) is 5.06. The summed E-state index contributed by atoms with van der Waals surface area (Å²) in [5, 5.41) is 9.78. The number of rotatable bonds is 8. The molecule has 0 saturated heterocycles. The fourth-order valence-electron chi connectivity index (χ4n) is 4.27. The van der Waals surface area contributed by atoms with Gasteiger partial charge in [-0.2, -0.15) is 4.98 Å². The van der Waals surface area contributed by atoms with Crippen molar-refractivity contribution in [3.8, 4) is 28.4 Å². The summed E-state index contributed by atoms with van der Waals surface area (Å²) in [5.74, 6) is 2.08. The summed E-state index contributed by atoms with van der Waals surface area (Å²) in [4.78, 5) is 8.15. The number of nitrogens with two attached hydrogens (primary N) is 2. The number of hydrogen-bond acceptors (Lipinski definition) is 8. The lowest BCUT2D eigenvalue weighted by molar-refractivity contribution is 0.0230. The Labute approximate surface area is 193 Å². The van der Waals surface area contributed by atoms with Gasteiger partial charge in [0.2, 0.25) is 5.95 Å². The number of nitrogens with zero attached hydrogens (tertiary/aromatic N) is 2. The molecule has 33 heavy (non-hydrogen) atoms. The molecule has 8 heteroatoms. The molecule has 8 nitrogen and oxygen atoms in total. The second-order valence-corrected chi connectivity index (χ2v) is 8.12. The van der Waals surface area contributed by atoms with Gasteiger partial charge in [-0.15, -0.1) is 0 Å². The number of benzene rings is 2. The van der Waals surface area contributed by atoms with Crippen molar-refractivity contribution in [3.05, 3.63) is 53.7 Å². The average Bonchev–Trinajstić information content (AvgIpc) is 3.24. The summed E-state index contributed by atoms with van der Waals surface area (Å²) in [6.45, 7) is 2.43. The monoisotopic (exact) mass is 450 g/mol. The van der Waals surface area contributed by atoms with E-state index in [4.69, 9.17) is 25.7 Å². The first-order valence-corrected chi connectivity index (χ1v) is 11.1. The van der Waals surface area contributed by atoms with Crippen LogP contribution >= 0.6 is 0 Å². The van der Waals surface area contributed by atoms with Crippen LogP contribution in [0.4, 0.5) is 11.8 Å². The minimum Gasteiger partial charge on any atom is -0.508 e. The van der Waals surface area contributed by atoms with Crippen LogP contribution in [0.25, 0.3) is 11.1 Å². The number of phenolic OH excluding ortho intramolecular Hbond substituents is 1. The molecule has 0 spiro atoms. The summed E-state index contributed by atoms with van der Waals surface area (Å²) in [6, 6.07) is 11.0. The van der Waals surface area contributed by atoms with E-state index < -0.39 is 0 Å². The van der Waals surface area contributed by atoms with E-state index in [0.29, 0.717) is 30.3 Å². The van der Waals surface area contributed by atoms with Crippen molar-refractivity contribution in [2.45, 2.75) is 44.8 Å². The van der Waals surface area contributed by atoms with E-state index >= 15 is 0 Å². The molecule has 5 N–H and O–H groups in total. The molecule has 2 atom stereocenters. The van der Waals surface area contributed by atoms with Gasteiger partial charge in [0.25, 0.3) is 0 Å². The Morgan fingerprint density at radius 1 is 1.06 bits per heavy atom. The van der Waals surface area contributed by atoms with Gasteiger partial charge >= 0.3 is 0 Å². The first kappa shape index (κ1) is 22.7. The topological polar surface area (TPSA) is 126 Å². The molecule has 2 aromatic carbocycles. The van der Waals surface area contributed by atoms with Crippen LogP contribution in [0, 0.1) is 0 Å². The zero-order valence-corrected chi connectivity index (χ0v) is 19.0. The van der Waals surface area contributed by atoms with Crippen LogP contribution in [0.1, 0.15) is 37.3 Å². The van der Waals surface area contributed by atoms with E-state index in [1.54, 1.807) is 25.4 Å². The Morgan fingerprint density at radius 2 is 1.79 bits per heavy atom. The second-order valence-electron chi connectivity index (χ2n) is 8.12. The maximum Gasteiger partial charge on any atom is 0.221 e. The van der Waals surface area contributed by atoms with E-state index in [-0.39, 0.29) is 23.9 Å². The standard InChI is InChI=1S/C25H30N4O4/c1-3-32-21-12-15(11-17-14-28-25(27)29-24(17)26)13-22(33-20-6-4-5-19(20)31-2)23(21)16-7-9-18(30)10-8-16/h7-10,12-14,19-20,30H,3-6,11H2,1-2H3,(H4,26,27,28,29). The van der Waals surface area contributed by atoms with Crippen molar-refractivity contribution in [2.24, 2.45) is 0 Å². The van der Waals surface area contributed by atoms with Gasteiger partial charge in [0.1, 0.15) is 29.2 Å². The lowest BCUT2D eigenvalue weighted by atomic mass is 9.98. The van der Waals surface area contributed by atoms with Crippen molar-refractivity contribution in [1.82, 2.24) is 9.97 Å². The molecule has 174 valence electrons. The molecule has 2 unspecified atom stereocenters. The van der Waals surface area contributed by atoms with Gasteiger partial charge in [0, 0.05) is 25.3 Å². The van der Waals surface area contributed by atoms with Gasteiger partial charge in [-0.25, -0.2) is 4.98 Å². The Bertz CT molecular complexity index is 1100. The highest BCUT2D eigenvalue weighted by Gasteiger charge is 2.30. The van der Waals surface area contributed by atoms with E-state index in [9.17, 15) is 5.11 Å². The predicted octanol–water partition coefficient (Wildman–Crippen LogP) is 3.95. The van der Waals surface area contributed by atoms with Crippen molar-refractivity contribution in [1.29, 1.82) is 0 Å². The average molecular weight is 451 g/mol. The lowest BCUT2D eigenvalue weighted by Gasteiger charge is -2.24. The minimum absolute atomic E-state index is 0.0398. The first-order chi connectivity index (χ1) is 16.0. The predicted molar refractivity (Wildman–Crippen MR) is 127 cm³/mol. The molecule has 1 aliphatic rings. The second kappa shape index (κ2) is 9.95. The summed E-state index contributed by atoms with van der Waals surface area (Å²) < 4.78 is 18.3. The molecule has 1 aromatic heterocycles. The number of ether oxygens (including phenoxy) is 3. The fraction of sp³-hybridized carbons (Fsp3) is 0.360. The number of hydrogen-bond donors (Lipinski definition) is 3. The van der Waals surface area contributed by atoms with Gasteiger partial charge in [0.15, 0.2) is 0 Å². The molecule has 1 saturated carbocycles. The van der Waals surface area contributed by atoms with Crippen LogP contribution < -0.4 is 20.9 Å². The highest BCUT2D eigenvalue weighted by atomic mass is 16.5. The number of nitrogen functional groups attached to an aromatic ring is 2. The highest BCUT2D eigenvalue weighted by Crippen LogP contribution is 2.42. The minimum atomic E-state index is -0.0551. The van der Waals surface area contributed by atoms with E-state index in [1.807, 2.05) is 31.2 Å². The van der Waals surface area contributed by atoms with Gasteiger partial charge in [-0.05, 0) is 61.6 Å².